The Hall–Kier alpha value is -4.00. The second kappa shape index (κ2) is 9.43. The van der Waals surface area contributed by atoms with Crippen molar-refractivity contribution in [3.63, 3.8) is 0 Å². The minimum atomic E-state index is -0.863. The quantitative estimate of drug-likeness (QED) is 0.646. The normalized spacial score (nSPS) is 14.7. The van der Waals surface area contributed by atoms with Gasteiger partial charge in [-0.25, -0.2) is 0 Å². The first-order valence-corrected chi connectivity index (χ1v) is 10.2. The van der Waals surface area contributed by atoms with Gasteiger partial charge in [-0.05, 0) is 29.8 Å². The van der Waals surface area contributed by atoms with Crippen molar-refractivity contribution in [2.45, 2.75) is 12.6 Å². The minimum Gasteiger partial charge on any atom is -0.496 e. The number of benzene rings is 3. The van der Waals surface area contributed by atoms with Crippen molar-refractivity contribution >= 4 is 17.5 Å². The molecule has 0 saturated carbocycles. The molecule has 1 aliphatic heterocycles. The Kier molecular flexibility index (Phi) is 6.26. The average molecular weight is 432 g/mol. The molecule has 1 aliphatic rings. The van der Waals surface area contributed by atoms with Crippen LogP contribution in [0.15, 0.2) is 72.8 Å². The van der Waals surface area contributed by atoms with Gasteiger partial charge >= 0.3 is 0 Å². The number of anilines is 1. The summed E-state index contributed by atoms with van der Waals surface area (Å²) in [4.78, 5) is 28.1. The Morgan fingerprint density at radius 1 is 0.938 bits per heavy atom. The van der Waals surface area contributed by atoms with Crippen LogP contribution < -0.4 is 24.4 Å². The largest absolute Gasteiger partial charge is 0.496 e. The lowest BCUT2D eigenvalue weighted by Crippen LogP contribution is -2.50. The van der Waals surface area contributed by atoms with Crippen molar-refractivity contribution in [3.8, 4) is 17.2 Å². The molecule has 7 heteroatoms. The van der Waals surface area contributed by atoms with Crippen molar-refractivity contribution in [1.82, 2.24) is 5.32 Å². The highest BCUT2D eigenvalue weighted by Crippen LogP contribution is 2.37. The van der Waals surface area contributed by atoms with Crippen LogP contribution in [0, 0.1) is 0 Å². The van der Waals surface area contributed by atoms with Crippen LogP contribution in [0.5, 0.6) is 17.2 Å². The summed E-state index contributed by atoms with van der Waals surface area (Å²) in [5.41, 5.74) is 1.85. The van der Waals surface area contributed by atoms with Gasteiger partial charge in [0.2, 0.25) is 0 Å². The average Bonchev–Trinajstić information content (AvgIpc) is 2.86. The van der Waals surface area contributed by atoms with Gasteiger partial charge in [-0.1, -0.05) is 48.5 Å². The van der Waals surface area contributed by atoms with Crippen molar-refractivity contribution in [1.29, 1.82) is 0 Å². The molecule has 3 aromatic rings. The molecule has 0 fully saturated rings. The van der Waals surface area contributed by atoms with Crippen LogP contribution >= 0.6 is 0 Å². The Balaban J connectivity index is 1.62. The molecular formula is C25H24N2O5. The van der Waals surface area contributed by atoms with Crippen LogP contribution in [0.25, 0.3) is 0 Å². The molecule has 0 saturated heterocycles. The number of nitrogens with zero attached hydrogens (tertiary/aromatic N) is 1. The van der Waals surface area contributed by atoms with E-state index >= 15 is 0 Å². The number of rotatable bonds is 6. The van der Waals surface area contributed by atoms with E-state index in [1.807, 2.05) is 36.4 Å². The zero-order chi connectivity index (χ0) is 22.5. The number of para-hydroxylation sites is 2. The summed E-state index contributed by atoms with van der Waals surface area (Å²) in [6.45, 7) is 0.424. The molecule has 7 nitrogen and oxygen atoms in total. The Labute approximate surface area is 186 Å². The van der Waals surface area contributed by atoms with Gasteiger partial charge < -0.3 is 24.4 Å². The molecule has 3 aromatic carbocycles. The lowest BCUT2D eigenvalue weighted by atomic mass is 10.1. The van der Waals surface area contributed by atoms with Crippen LogP contribution in [-0.4, -0.2) is 38.7 Å². The number of hydrogen-bond donors (Lipinski definition) is 1. The second-order valence-electron chi connectivity index (χ2n) is 7.23. The predicted octanol–water partition coefficient (Wildman–Crippen LogP) is 3.43. The van der Waals surface area contributed by atoms with E-state index in [2.05, 4.69) is 5.32 Å². The number of fused-ring (bicyclic) bond motifs is 1. The molecule has 0 unspecified atom stereocenters. The standard InChI is InChI=1S/C25H24N2O5/c1-30-20-13-8-14-21(31-2)23(20)25(29)27-16-22(32-19-12-7-6-11-18(19)27)24(28)26-15-17-9-4-3-5-10-17/h3-14,22H,15-16H2,1-2H3,(H,26,28)/t22-/m1/s1. The number of hydrogen-bond acceptors (Lipinski definition) is 5. The number of ether oxygens (including phenoxy) is 3. The maximum Gasteiger partial charge on any atom is 0.266 e. The number of nitrogens with one attached hydrogen (secondary N) is 1. The smallest absolute Gasteiger partial charge is 0.266 e. The first-order chi connectivity index (χ1) is 15.6. The molecule has 32 heavy (non-hydrogen) atoms. The molecule has 0 aromatic heterocycles. The minimum absolute atomic E-state index is 0.0532. The third kappa shape index (κ3) is 4.23. The monoisotopic (exact) mass is 432 g/mol. The lowest BCUT2D eigenvalue weighted by Gasteiger charge is -2.34. The number of amides is 2. The predicted molar refractivity (Wildman–Crippen MR) is 120 cm³/mol. The summed E-state index contributed by atoms with van der Waals surface area (Å²) in [6, 6.07) is 21.9. The van der Waals surface area contributed by atoms with E-state index in [0.717, 1.165) is 5.56 Å². The molecule has 2 amide bonds. The molecule has 164 valence electrons. The lowest BCUT2D eigenvalue weighted by molar-refractivity contribution is -0.127. The third-order valence-electron chi connectivity index (χ3n) is 5.26. The summed E-state index contributed by atoms with van der Waals surface area (Å²) < 4.78 is 16.8. The van der Waals surface area contributed by atoms with Gasteiger partial charge in [-0.3, -0.25) is 9.59 Å². The van der Waals surface area contributed by atoms with Crippen molar-refractivity contribution in [2.24, 2.45) is 0 Å². The maximum atomic E-state index is 13.6. The van der Waals surface area contributed by atoms with Gasteiger partial charge in [0.25, 0.3) is 11.8 Å². The van der Waals surface area contributed by atoms with E-state index in [4.69, 9.17) is 14.2 Å². The van der Waals surface area contributed by atoms with Gasteiger partial charge in [-0.2, -0.15) is 0 Å². The van der Waals surface area contributed by atoms with Crippen LogP contribution in [-0.2, 0) is 11.3 Å². The van der Waals surface area contributed by atoms with Crippen LogP contribution in [0.4, 0.5) is 5.69 Å². The molecule has 1 atom stereocenters. The molecule has 0 radical (unpaired) electrons. The SMILES string of the molecule is COc1cccc(OC)c1C(=O)N1C[C@H](C(=O)NCc2ccccc2)Oc2ccccc21. The molecule has 0 aliphatic carbocycles. The summed E-state index contributed by atoms with van der Waals surface area (Å²) >= 11 is 0. The number of carbonyl (C=O) groups is 2. The van der Waals surface area contributed by atoms with Gasteiger partial charge in [0, 0.05) is 6.54 Å². The van der Waals surface area contributed by atoms with E-state index in [-0.39, 0.29) is 23.9 Å². The summed E-state index contributed by atoms with van der Waals surface area (Å²) in [5, 5.41) is 2.89. The van der Waals surface area contributed by atoms with Gasteiger partial charge in [-0.15, -0.1) is 0 Å². The van der Waals surface area contributed by atoms with E-state index in [1.165, 1.54) is 19.1 Å². The Morgan fingerprint density at radius 3 is 2.28 bits per heavy atom. The number of methoxy groups -OCH3 is 2. The zero-order valence-corrected chi connectivity index (χ0v) is 17.9. The molecule has 1 N–H and O–H groups in total. The van der Waals surface area contributed by atoms with Crippen LogP contribution in [0.3, 0.4) is 0 Å². The van der Waals surface area contributed by atoms with Crippen molar-refractivity contribution < 1.29 is 23.8 Å². The molecule has 0 spiro atoms. The third-order valence-corrected chi connectivity index (χ3v) is 5.26. The van der Waals surface area contributed by atoms with E-state index < -0.39 is 6.10 Å². The zero-order valence-electron chi connectivity index (χ0n) is 17.9. The summed E-state index contributed by atoms with van der Waals surface area (Å²) in [6.07, 6.45) is -0.863. The highest BCUT2D eigenvalue weighted by molar-refractivity contribution is 6.11. The highest BCUT2D eigenvalue weighted by atomic mass is 16.5. The summed E-state index contributed by atoms with van der Waals surface area (Å²) in [7, 11) is 3.00. The molecule has 0 bridgehead atoms. The molecule has 4 rings (SSSR count). The topological polar surface area (TPSA) is 77.1 Å². The maximum absolute atomic E-state index is 13.6. The van der Waals surface area contributed by atoms with Crippen LogP contribution in [0.2, 0.25) is 0 Å². The first kappa shape index (κ1) is 21.2. The number of carbonyl (C=O) groups excluding carboxylic acids is 2. The highest BCUT2D eigenvalue weighted by Gasteiger charge is 2.36. The van der Waals surface area contributed by atoms with Crippen LogP contribution in [0.1, 0.15) is 15.9 Å². The van der Waals surface area contributed by atoms with E-state index in [0.29, 0.717) is 29.5 Å². The second-order valence-corrected chi connectivity index (χ2v) is 7.23. The Bertz CT molecular complexity index is 1090. The van der Waals surface area contributed by atoms with E-state index in [9.17, 15) is 9.59 Å². The van der Waals surface area contributed by atoms with Crippen molar-refractivity contribution in [2.75, 3.05) is 25.7 Å². The van der Waals surface area contributed by atoms with Gasteiger partial charge in [0.05, 0.1) is 26.5 Å². The molecular weight excluding hydrogens is 408 g/mol. The molecule has 1 heterocycles. The van der Waals surface area contributed by atoms with Gasteiger partial charge in [0.1, 0.15) is 22.8 Å². The fraction of sp³-hybridized carbons (Fsp3) is 0.200. The van der Waals surface area contributed by atoms with E-state index in [1.54, 1.807) is 36.4 Å². The first-order valence-electron chi connectivity index (χ1n) is 10.2. The van der Waals surface area contributed by atoms with Gasteiger partial charge in [0.15, 0.2) is 6.10 Å². The van der Waals surface area contributed by atoms with Crippen molar-refractivity contribution in [3.05, 3.63) is 83.9 Å². The summed E-state index contributed by atoms with van der Waals surface area (Å²) in [5.74, 6) is 0.608. The Morgan fingerprint density at radius 2 is 1.59 bits per heavy atom. The fourth-order valence-electron chi connectivity index (χ4n) is 3.66. The fourth-order valence-corrected chi connectivity index (χ4v) is 3.66.